The topological polar surface area (TPSA) is 44.1 Å². The van der Waals surface area contributed by atoms with E-state index < -0.39 is 5.41 Å². The molecule has 0 radical (unpaired) electrons. The highest BCUT2D eigenvalue weighted by Gasteiger charge is 2.48. The number of rotatable bonds is 1. The first kappa shape index (κ1) is 11.4. The fraction of sp³-hybridized carbons (Fsp3) is 0.846. The van der Waals surface area contributed by atoms with Crippen LogP contribution in [0.2, 0.25) is 0 Å². The average Bonchev–Trinajstić information content (AvgIpc) is 2.16. The molecule has 0 spiro atoms. The minimum atomic E-state index is -0.658. The fourth-order valence-electron chi connectivity index (χ4n) is 2.89. The first-order valence-corrected chi connectivity index (χ1v) is 6.31. The standard InChI is InChI=1S/C13H20N2O/c1-10-4-7-15(11(2)8-10)12(16)13(9-14)5-3-6-13/h10-11H,3-8H2,1-2H3. The Morgan fingerprint density at radius 3 is 2.56 bits per heavy atom. The zero-order chi connectivity index (χ0) is 11.8. The molecular weight excluding hydrogens is 200 g/mol. The van der Waals surface area contributed by atoms with Gasteiger partial charge in [-0.25, -0.2) is 0 Å². The molecule has 2 unspecified atom stereocenters. The lowest BCUT2D eigenvalue weighted by Crippen LogP contribution is -2.52. The molecule has 0 aromatic carbocycles. The number of nitrogens with zero attached hydrogens (tertiary/aromatic N) is 2. The summed E-state index contributed by atoms with van der Waals surface area (Å²) < 4.78 is 0. The number of amides is 1. The predicted molar refractivity (Wildman–Crippen MR) is 61.5 cm³/mol. The van der Waals surface area contributed by atoms with Gasteiger partial charge in [0.25, 0.3) is 0 Å². The molecule has 0 N–H and O–H groups in total. The number of likely N-dealkylation sites (tertiary alicyclic amines) is 1. The van der Waals surface area contributed by atoms with Crippen LogP contribution in [0.15, 0.2) is 0 Å². The molecule has 2 fully saturated rings. The van der Waals surface area contributed by atoms with Gasteiger partial charge in [-0.05, 0) is 44.9 Å². The zero-order valence-corrected chi connectivity index (χ0v) is 10.2. The normalized spacial score (nSPS) is 32.7. The number of carbonyl (C=O) groups excluding carboxylic acids is 1. The van der Waals surface area contributed by atoms with Crippen LogP contribution in [0.4, 0.5) is 0 Å². The third-order valence-corrected chi connectivity index (χ3v) is 4.23. The van der Waals surface area contributed by atoms with Gasteiger partial charge in [0.1, 0.15) is 5.41 Å². The molecule has 2 rings (SSSR count). The molecule has 0 aromatic rings. The molecule has 2 atom stereocenters. The second-order valence-corrected chi connectivity index (χ2v) is 5.52. The van der Waals surface area contributed by atoms with Crippen molar-refractivity contribution in [3.63, 3.8) is 0 Å². The number of carbonyl (C=O) groups is 1. The van der Waals surface area contributed by atoms with Crippen molar-refractivity contribution in [3.8, 4) is 6.07 Å². The van der Waals surface area contributed by atoms with Crippen LogP contribution >= 0.6 is 0 Å². The van der Waals surface area contributed by atoms with Crippen LogP contribution in [0, 0.1) is 22.7 Å². The summed E-state index contributed by atoms with van der Waals surface area (Å²) in [4.78, 5) is 14.3. The molecule has 2 aliphatic rings. The summed E-state index contributed by atoms with van der Waals surface area (Å²) in [5.74, 6) is 0.805. The lowest BCUT2D eigenvalue weighted by atomic mass is 9.68. The molecule has 0 aromatic heterocycles. The highest BCUT2D eigenvalue weighted by molar-refractivity contribution is 5.86. The van der Waals surface area contributed by atoms with Gasteiger partial charge in [0.15, 0.2) is 0 Å². The van der Waals surface area contributed by atoms with Gasteiger partial charge in [-0.15, -0.1) is 0 Å². The number of nitriles is 1. The zero-order valence-electron chi connectivity index (χ0n) is 10.2. The molecule has 3 nitrogen and oxygen atoms in total. The van der Waals surface area contributed by atoms with Gasteiger partial charge >= 0.3 is 0 Å². The first-order valence-electron chi connectivity index (χ1n) is 6.31. The summed E-state index contributed by atoms with van der Waals surface area (Å²) >= 11 is 0. The van der Waals surface area contributed by atoms with E-state index in [0.29, 0.717) is 12.0 Å². The SMILES string of the molecule is CC1CCN(C(=O)C2(C#N)CCC2)C(C)C1. The third-order valence-electron chi connectivity index (χ3n) is 4.23. The van der Waals surface area contributed by atoms with Crippen LogP contribution in [0.3, 0.4) is 0 Å². The summed E-state index contributed by atoms with van der Waals surface area (Å²) in [6, 6.07) is 2.56. The Morgan fingerprint density at radius 2 is 2.12 bits per heavy atom. The van der Waals surface area contributed by atoms with Crippen LogP contribution in [-0.2, 0) is 4.79 Å². The Kier molecular flexibility index (Phi) is 2.92. The maximum atomic E-state index is 12.4. The smallest absolute Gasteiger partial charge is 0.243 e. The molecule has 1 amide bonds. The maximum Gasteiger partial charge on any atom is 0.243 e. The summed E-state index contributed by atoms with van der Waals surface area (Å²) in [6.07, 6.45) is 4.71. The molecule has 88 valence electrons. The highest BCUT2D eigenvalue weighted by Crippen LogP contribution is 2.43. The molecule has 1 aliphatic carbocycles. The van der Waals surface area contributed by atoms with Crippen LogP contribution in [0.25, 0.3) is 0 Å². The van der Waals surface area contributed by atoms with Crippen molar-refractivity contribution in [2.24, 2.45) is 11.3 Å². The highest BCUT2D eigenvalue weighted by atomic mass is 16.2. The van der Waals surface area contributed by atoms with Crippen molar-refractivity contribution in [1.29, 1.82) is 5.26 Å². The number of piperidine rings is 1. The average molecular weight is 220 g/mol. The Morgan fingerprint density at radius 1 is 1.44 bits per heavy atom. The van der Waals surface area contributed by atoms with E-state index in [1.807, 2.05) is 4.90 Å². The van der Waals surface area contributed by atoms with Crippen molar-refractivity contribution >= 4 is 5.91 Å². The molecule has 1 saturated heterocycles. The Balaban J connectivity index is 2.08. The fourth-order valence-corrected chi connectivity index (χ4v) is 2.89. The van der Waals surface area contributed by atoms with Gasteiger partial charge in [-0.2, -0.15) is 5.26 Å². The van der Waals surface area contributed by atoms with E-state index in [2.05, 4.69) is 19.9 Å². The molecule has 3 heteroatoms. The monoisotopic (exact) mass is 220 g/mol. The lowest BCUT2D eigenvalue weighted by Gasteiger charge is -2.43. The molecule has 1 heterocycles. The summed E-state index contributed by atoms with van der Waals surface area (Å²) in [6.45, 7) is 5.18. The molecule has 16 heavy (non-hydrogen) atoms. The van der Waals surface area contributed by atoms with Crippen LogP contribution in [0.1, 0.15) is 46.0 Å². The van der Waals surface area contributed by atoms with Crippen LogP contribution in [-0.4, -0.2) is 23.4 Å². The largest absolute Gasteiger partial charge is 0.339 e. The van der Waals surface area contributed by atoms with Gasteiger partial charge in [0.2, 0.25) is 5.91 Å². The third kappa shape index (κ3) is 1.71. The van der Waals surface area contributed by atoms with Gasteiger partial charge in [0, 0.05) is 12.6 Å². The van der Waals surface area contributed by atoms with Crippen molar-refractivity contribution in [2.45, 2.75) is 52.0 Å². The van der Waals surface area contributed by atoms with E-state index in [1.54, 1.807) is 0 Å². The van der Waals surface area contributed by atoms with E-state index in [0.717, 1.165) is 38.6 Å². The second-order valence-electron chi connectivity index (χ2n) is 5.52. The number of hydrogen-bond acceptors (Lipinski definition) is 2. The Labute approximate surface area is 97.4 Å². The summed E-state index contributed by atoms with van der Waals surface area (Å²) in [7, 11) is 0. The summed E-state index contributed by atoms with van der Waals surface area (Å²) in [5.41, 5.74) is -0.658. The van der Waals surface area contributed by atoms with Crippen molar-refractivity contribution in [2.75, 3.05) is 6.54 Å². The maximum absolute atomic E-state index is 12.4. The van der Waals surface area contributed by atoms with E-state index in [-0.39, 0.29) is 5.91 Å². The molecular formula is C13H20N2O. The van der Waals surface area contributed by atoms with E-state index in [1.165, 1.54) is 0 Å². The predicted octanol–water partition coefficient (Wildman–Crippen LogP) is 2.33. The number of hydrogen-bond donors (Lipinski definition) is 0. The molecule has 1 aliphatic heterocycles. The van der Waals surface area contributed by atoms with Gasteiger partial charge in [0.05, 0.1) is 6.07 Å². The van der Waals surface area contributed by atoms with E-state index in [4.69, 9.17) is 0 Å². The van der Waals surface area contributed by atoms with Gasteiger partial charge in [-0.1, -0.05) is 6.92 Å². The first-order chi connectivity index (χ1) is 7.59. The van der Waals surface area contributed by atoms with E-state index >= 15 is 0 Å². The second kappa shape index (κ2) is 4.08. The Hall–Kier alpha value is -1.04. The van der Waals surface area contributed by atoms with Crippen molar-refractivity contribution in [3.05, 3.63) is 0 Å². The quantitative estimate of drug-likeness (QED) is 0.680. The lowest BCUT2D eigenvalue weighted by molar-refractivity contribution is -0.147. The Bertz CT molecular complexity index is 327. The minimum absolute atomic E-state index is 0.0978. The molecule has 1 saturated carbocycles. The minimum Gasteiger partial charge on any atom is -0.339 e. The van der Waals surface area contributed by atoms with E-state index in [9.17, 15) is 10.1 Å². The van der Waals surface area contributed by atoms with Gasteiger partial charge in [-0.3, -0.25) is 4.79 Å². The summed E-state index contributed by atoms with van der Waals surface area (Å²) in [5, 5.41) is 9.18. The molecule has 0 bridgehead atoms. The van der Waals surface area contributed by atoms with Gasteiger partial charge < -0.3 is 4.90 Å². The van der Waals surface area contributed by atoms with Crippen molar-refractivity contribution in [1.82, 2.24) is 4.90 Å². The van der Waals surface area contributed by atoms with Crippen LogP contribution in [0.5, 0.6) is 0 Å². The van der Waals surface area contributed by atoms with Crippen LogP contribution < -0.4 is 0 Å². The van der Waals surface area contributed by atoms with Crippen molar-refractivity contribution < 1.29 is 4.79 Å².